The number of fused-ring (bicyclic) bond motifs is 1. The van der Waals surface area contributed by atoms with Crippen molar-refractivity contribution in [1.82, 2.24) is 4.98 Å². The van der Waals surface area contributed by atoms with Crippen molar-refractivity contribution in [2.75, 3.05) is 24.2 Å². The lowest BCUT2D eigenvalue weighted by Gasteiger charge is -2.12. The average Bonchev–Trinajstić information content (AvgIpc) is 2.95. The van der Waals surface area contributed by atoms with Gasteiger partial charge in [-0.3, -0.25) is 0 Å². The Balaban J connectivity index is 1.94. The number of hydrogen-bond acceptors (Lipinski definition) is 4. The summed E-state index contributed by atoms with van der Waals surface area (Å²) < 4.78 is 5.67. The fourth-order valence-corrected chi connectivity index (χ4v) is 1.89. The first kappa shape index (κ1) is 9.51. The first-order valence-electron chi connectivity index (χ1n) is 5.60. The van der Waals surface area contributed by atoms with Gasteiger partial charge in [-0.1, -0.05) is 6.07 Å². The highest BCUT2D eigenvalue weighted by molar-refractivity contribution is 5.86. The molecule has 4 nitrogen and oxygen atoms in total. The summed E-state index contributed by atoms with van der Waals surface area (Å²) in [6, 6.07) is 6.29. The molecule has 0 aliphatic heterocycles. The molecule has 1 saturated carbocycles. The topological polar surface area (TPSA) is 55.3 Å². The maximum absolute atomic E-state index is 5.84. The molecule has 1 aromatic heterocycles. The van der Waals surface area contributed by atoms with E-state index < -0.39 is 0 Å². The molecule has 1 aliphatic carbocycles. The van der Waals surface area contributed by atoms with E-state index in [1.165, 1.54) is 12.8 Å². The summed E-state index contributed by atoms with van der Waals surface area (Å²) in [5.41, 5.74) is 8.04. The van der Waals surface area contributed by atoms with Crippen LogP contribution in [0.3, 0.4) is 0 Å². The van der Waals surface area contributed by atoms with E-state index in [9.17, 15) is 0 Å². The summed E-state index contributed by atoms with van der Waals surface area (Å²) in [7, 11) is 2.01. The van der Waals surface area contributed by atoms with Crippen molar-refractivity contribution < 1.29 is 4.42 Å². The zero-order chi connectivity index (χ0) is 11.1. The molecule has 1 heterocycles. The van der Waals surface area contributed by atoms with Crippen LogP contribution < -0.4 is 10.6 Å². The second-order valence-corrected chi connectivity index (χ2v) is 4.51. The molecular formula is C12H15N3O. The van der Waals surface area contributed by atoms with Crippen LogP contribution >= 0.6 is 0 Å². The lowest BCUT2D eigenvalue weighted by Crippen LogP contribution is -2.20. The van der Waals surface area contributed by atoms with Gasteiger partial charge in [0.05, 0.1) is 5.69 Å². The van der Waals surface area contributed by atoms with Crippen LogP contribution in [-0.4, -0.2) is 18.6 Å². The standard InChI is InChI=1S/C12H15N3O/c1-15(7-8-5-6-8)12-14-11-9(13)3-2-4-10(11)16-12/h2-4,8H,5-7,13H2,1H3. The summed E-state index contributed by atoms with van der Waals surface area (Å²) in [5, 5.41) is 0. The van der Waals surface area contributed by atoms with Crippen LogP contribution in [0.25, 0.3) is 11.1 Å². The molecule has 3 rings (SSSR count). The number of aromatic nitrogens is 1. The number of nitrogen functional groups attached to an aromatic ring is 1. The number of nitrogens with zero attached hydrogens (tertiary/aromatic N) is 2. The zero-order valence-electron chi connectivity index (χ0n) is 9.31. The molecule has 0 bridgehead atoms. The number of benzene rings is 1. The van der Waals surface area contributed by atoms with E-state index in [2.05, 4.69) is 9.88 Å². The van der Waals surface area contributed by atoms with Gasteiger partial charge in [-0.2, -0.15) is 4.98 Å². The molecule has 0 atom stereocenters. The fourth-order valence-electron chi connectivity index (χ4n) is 1.89. The number of para-hydroxylation sites is 1. The van der Waals surface area contributed by atoms with Crippen molar-refractivity contribution in [3.05, 3.63) is 18.2 Å². The van der Waals surface area contributed by atoms with Gasteiger partial charge in [0, 0.05) is 13.6 Å². The molecule has 0 unspecified atom stereocenters. The Morgan fingerprint density at radius 3 is 3.00 bits per heavy atom. The Bertz CT molecular complexity index is 516. The van der Waals surface area contributed by atoms with Crippen LogP contribution in [0.5, 0.6) is 0 Å². The highest BCUT2D eigenvalue weighted by Gasteiger charge is 2.24. The van der Waals surface area contributed by atoms with Gasteiger partial charge in [0.25, 0.3) is 6.01 Å². The van der Waals surface area contributed by atoms with E-state index in [1.54, 1.807) is 0 Å². The molecule has 0 radical (unpaired) electrons. The van der Waals surface area contributed by atoms with Gasteiger partial charge in [0.2, 0.25) is 0 Å². The van der Waals surface area contributed by atoms with Crippen LogP contribution in [0.2, 0.25) is 0 Å². The largest absolute Gasteiger partial charge is 0.423 e. The van der Waals surface area contributed by atoms with Crippen molar-refractivity contribution in [2.24, 2.45) is 5.92 Å². The molecule has 4 heteroatoms. The second-order valence-electron chi connectivity index (χ2n) is 4.51. The Morgan fingerprint density at radius 1 is 1.50 bits per heavy atom. The molecule has 0 spiro atoms. The Kier molecular flexibility index (Phi) is 2.02. The predicted octanol–water partition coefficient (Wildman–Crippen LogP) is 2.26. The van der Waals surface area contributed by atoms with Gasteiger partial charge in [0.15, 0.2) is 5.58 Å². The first-order valence-corrected chi connectivity index (χ1v) is 5.60. The van der Waals surface area contributed by atoms with Crippen molar-refractivity contribution in [2.45, 2.75) is 12.8 Å². The van der Waals surface area contributed by atoms with Gasteiger partial charge >= 0.3 is 0 Å². The predicted molar refractivity (Wildman–Crippen MR) is 64.4 cm³/mol. The van der Waals surface area contributed by atoms with E-state index in [-0.39, 0.29) is 0 Å². The van der Waals surface area contributed by atoms with Gasteiger partial charge in [0.1, 0.15) is 5.52 Å². The molecule has 84 valence electrons. The van der Waals surface area contributed by atoms with Crippen molar-refractivity contribution >= 4 is 22.8 Å². The quantitative estimate of drug-likeness (QED) is 0.801. The highest BCUT2D eigenvalue weighted by Crippen LogP contribution is 2.32. The molecule has 2 aromatic rings. The molecular weight excluding hydrogens is 202 g/mol. The van der Waals surface area contributed by atoms with Gasteiger partial charge in [-0.25, -0.2) is 0 Å². The molecule has 0 amide bonds. The van der Waals surface area contributed by atoms with Crippen LogP contribution in [-0.2, 0) is 0 Å². The smallest absolute Gasteiger partial charge is 0.298 e. The third-order valence-electron chi connectivity index (χ3n) is 2.99. The fraction of sp³-hybridized carbons (Fsp3) is 0.417. The van der Waals surface area contributed by atoms with E-state index in [0.29, 0.717) is 11.7 Å². The molecule has 2 N–H and O–H groups in total. The summed E-state index contributed by atoms with van der Waals surface area (Å²) in [6.07, 6.45) is 2.65. The maximum Gasteiger partial charge on any atom is 0.298 e. The van der Waals surface area contributed by atoms with Crippen LogP contribution in [0, 0.1) is 5.92 Å². The minimum atomic E-state index is 0.666. The average molecular weight is 217 g/mol. The number of nitrogens with two attached hydrogens (primary N) is 1. The maximum atomic E-state index is 5.84. The molecule has 0 saturated heterocycles. The number of hydrogen-bond donors (Lipinski definition) is 1. The monoisotopic (exact) mass is 217 g/mol. The number of rotatable bonds is 3. The van der Waals surface area contributed by atoms with Crippen molar-refractivity contribution in [1.29, 1.82) is 0 Å². The molecule has 1 aromatic carbocycles. The van der Waals surface area contributed by atoms with Crippen LogP contribution in [0.15, 0.2) is 22.6 Å². The number of anilines is 2. The Labute approximate surface area is 94.0 Å². The van der Waals surface area contributed by atoms with E-state index >= 15 is 0 Å². The summed E-state index contributed by atoms with van der Waals surface area (Å²) in [5.74, 6) is 0.817. The zero-order valence-corrected chi connectivity index (χ0v) is 9.31. The number of oxazole rings is 1. The van der Waals surface area contributed by atoms with Crippen LogP contribution in [0.1, 0.15) is 12.8 Å². The third-order valence-corrected chi connectivity index (χ3v) is 2.99. The second kappa shape index (κ2) is 3.40. The van der Waals surface area contributed by atoms with Crippen molar-refractivity contribution in [3.8, 4) is 0 Å². The summed E-state index contributed by atoms with van der Waals surface area (Å²) in [6.45, 7) is 1.02. The van der Waals surface area contributed by atoms with E-state index in [4.69, 9.17) is 10.2 Å². The van der Waals surface area contributed by atoms with Crippen LogP contribution in [0.4, 0.5) is 11.7 Å². The lowest BCUT2D eigenvalue weighted by atomic mass is 10.3. The lowest BCUT2D eigenvalue weighted by molar-refractivity contribution is 0.575. The van der Waals surface area contributed by atoms with Gasteiger partial charge in [-0.15, -0.1) is 0 Å². The molecule has 1 fully saturated rings. The Hall–Kier alpha value is -1.71. The minimum absolute atomic E-state index is 0.666. The minimum Gasteiger partial charge on any atom is -0.423 e. The van der Waals surface area contributed by atoms with Crippen molar-refractivity contribution in [3.63, 3.8) is 0 Å². The summed E-state index contributed by atoms with van der Waals surface area (Å²) >= 11 is 0. The normalized spacial score (nSPS) is 15.6. The molecule has 1 aliphatic rings. The highest BCUT2D eigenvalue weighted by atomic mass is 16.4. The third kappa shape index (κ3) is 1.60. The SMILES string of the molecule is CN(CC1CC1)c1nc2c(N)cccc2o1. The summed E-state index contributed by atoms with van der Waals surface area (Å²) in [4.78, 5) is 6.49. The first-order chi connectivity index (χ1) is 7.74. The molecule has 16 heavy (non-hydrogen) atoms. The van der Waals surface area contributed by atoms with E-state index in [0.717, 1.165) is 23.6 Å². The van der Waals surface area contributed by atoms with E-state index in [1.807, 2.05) is 25.2 Å². The van der Waals surface area contributed by atoms with Gasteiger partial charge in [-0.05, 0) is 30.9 Å². The van der Waals surface area contributed by atoms with Gasteiger partial charge < -0.3 is 15.1 Å². The Morgan fingerprint density at radius 2 is 2.31 bits per heavy atom.